The Morgan fingerprint density at radius 3 is 1.78 bits per heavy atom. The Hall–Kier alpha value is -1.36. The number of carbonyl (C=O) groups is 3. The highest BCUT2D eigenvalue weighted by Crippen LogP contribution is 2.38. The molecule has 0 aromatic rings. The molecule has 9 nitrogen and oxygen atoms in total. The topological polar surface area (TPSA) is 125 Å². The van der Waals surface area contributed by atoms with E-state index in [2.05, 4.69) is 9.50 Å². The third-order valence-electron chi connectivity index (χ3n) is 6.21. The van der Waals surface area contributed by atoms with Crippen molar-refractivity contribution in [2.24, 2.45) is 10.8 Å². The molecule has 0 aromatic heterocycles. The number of amides is 1. The van der Waals surface area contributed by atoms with Crippen LogP contribution in [0.15, 0.2) is 0 Å². The van der Waals surface area contributed by atoms with E-state index in [9.17, 15) is 22.8 Å². The fraction of sp³-hybridized carbons (Fsp3) is 0.885. The van der Waals surface area contributed by atoms with Gasteiger partial charge in [0.25, 0.3) is 10.1 Å². The van der Waals surface area contributed by atoms with Crippen molar-refractivity contribution in [1.82, 2.24) is 5.32 Å². The molecular weight excluding hydrogens is 486 g/mol. The second kappa shape index (κ2) is 12.0. The first-order valence-corrected chi connectivity index (χ1v) is 13.8. The van der Waals surface area contributed by atoms with Crippen LogP contribution in [0.2, 0.25) is 0 Å². The van der Waals surface area contributed by atoms with E-state index < -0.39 is 55.5 Å². The van der Waals surface area contributed by atoms with Crippen LogP contribution in [0, 0.1) is 10.8 Å². The summed E-state index contributed by atoms with van der Waals surface area (Å²) < 4.78 is 40.0. The molecule has 0 rings (SSSR count). The van der Waals surface area contributed by atoms with Crippen LogP contribution < -0.4 is 5.32 Å². The van der Waals surface area contributed by atoms with Crippen molar-refractivity contribution in [3.63, 3.8) is 0 Å². The molecule has 0 aliphatic rings. The highest BCUT2D eigenvalue weighted by atomic mass is 32.2. The second-order valence-corrected chi connectivity index (χ2v) is 14.8. The van der Waals surface area contributed by atoms with Gasteiger partial charge >= 0.3 is 0 Å². The van der Waals surface area contributed by atoms with Gasteiger partial charge in [-0.25, -0.2) is 0 Å². The fourth-order valence-electron chi connectivity index (χ4n) is 3.27. The van der Waals surface area contributed by atoms with E-state index in [1.54, 1.807) is 62.3 Å². The minimum atomic E-state index is -3.79. The number of ether oxygens (including phenoxy) is 2. The Kier molecular flexibility index (Phi) is 11.6. The molecule has 0 spiro atoms. The number of nitrogens with one attached hydrogen (secondary N) is 1. The summed E-state index contributed by atoms with van der Waals surface area (Å²) in [7, 11) is -2.72. The molecule has 10 heteroatoms. The van der Waals surface area contributed by atoms with Crippen molar-refractivity contribution < 1.29 is 36.5 Å². The minimum absolute atomic E-state index is 0.0689. The van der Waals surface area contributed by atoms with Crippen LogP contribution in [-0.2, 0) is 38.2 Å². The SMILES string of the molecule is COS(=O)(=O)CC(C)(C)NC(=O)CCC(OC(C)(C)C(C)(C)C(=O)COC(C)(C)C)C(=O)C(C)(C)C. The average Bonchev–Trinajstić information content (AvgIpc) is 2.65. The molecule has 1 N–H and O–H groups in total. The zero-order valence-electron chi connectivity index (χ0n) is 24.6. The molecule has 0 fully saturated rings. The molecule has 0 bridgehead atoms. The number of Topliss-reactive ketones (excluding diaryl/α,β-unsaturated/α-hetero) is 2. The predicted octanol–water partition coefficient (Wildman–Crippen LogP) is 3.83. The minimum Gasteiger partial charge on any atom is -0.368 e. The lowest BCUT2D eigenvalue weighted by Gasteiger charge is -2.43. The van der Waals surface area contributed by atoms with Crippen molar-refractivity contribution in [2.45, 2.75) is 119 Å². The van der Waals surface area contributed by atoms with Gasteiger partial charge in [0.05, 0.1) is 35.0 Å². The molecule has 1 atom stereocenters. The van der Waals surface area contributed by atoms with Gasteiger partial charge in [-0.1, -0.05) is 34.6 Å². The quantitative estimate of drug-likeness (QED) is 0.333. The van der Waals surface area contributed by atoms with E-state index in [0.717, 1.165) is 7.11 Å². The maximum atomic E-state index is 13.3. The number of rotatable bonds is 14. The fourth-order valence-corrected chi connectivity index (χ4v) is 4.34. The van der Waals surface area contributed by atoms with E-state index in [0.29, 0.717) is 0 Å². The lowest BCUT2D eigenvalue weighted by molar-refractivity contribution is -0.177. The molecule has 1 unspecified atom stereocenters. The molecule has 0 aliphatic heterocycles. The standard InChI is InChI=1S/C26H49NO8S/c1-22(2,3)21(30)18(14-15-20(29)27-24(7,8)17-36(31,32)33-13)35-26(11,12)25(9,10)19(28)16-34-23(4,5)6/h18H,14-17H2,1-13H3,(H,27,29). The van der Waals surface area contributed by atoms with Gasteiger partial charge in [0.15, 0.2) is 11.6 Å². The third-order valence-corrected chi connectivity index (χ3v) is 7.79. The van der Waals surface area contributed by atoms with Crippen LogP contribution in [0.4, 0.5) is 0 Å². The number of hydrogen-bond acceptors (Lipinski definition) is 8. The van der Waals surface area contributed by atoms with E-state index in [1.807, 2.05) is 20.8 Å². The van der Waals surface area contributed by atoms with Gasteiger partial charge in [-0.3, -0.25) is 18.6 Å². The van der Waals surface area contributed by atoms with Crippen LogP contribution >= 0.6 is 0 Å². The number of hydrogen-bond donors (Lipinski definition) is 1. The maximum absolute atomic E-state index is 13.3. The van der Waals surface area contributed by atoms with Gasteiger partial charge < -0.3 is 14.8 Å². The normalized spacial score (nSPS) is 14.9. The Labute approximate surface area is 218 Å². The lowest BCUT2D eigenvalue weighted by Crippen LogP contribution is -2.53. The third kappa shape index (κ3) is 11.4. The van der Waals surface area contributed by atoms with Crippen LogP contribution in [0.3, 0.4) is 0 Å². The van der Waals surface area contributed by atoms with Gasteiger partial charge in [-0.05, 0) is 54.9 Å². The summed E-state index contributed by atoms with van der Waals surface area (Å²) in [5.41, 5.74) is -4.35. The van der Waals surface area contributed by atoms with Gasteiger partial charge in [0.2, 0.25) is 5.91 Å². The highest BCUT2D eigenvalue weighted by molar-refractivity contribution is 7.86. The molecule has 0 saturated heterocycles. The van der Waals surface area contributed by atoms with Crippen LogP contribution in [0.25, 0.3) is 0 Å². The second-order valence-electron chi connectivity index (χ2n) is 13.0. The Morgan fingerprint density at radius 1 is 0.861 bits per heavy atom. The van der Waals surface area contributed by atoms with E-state index >= 15 is 0 Å². The molecule has 0 radical (unpaired) electrons. The summed E-state index contributed by atoms with van der Waals surface area (Å²) in [4.78, 5) is 39.0. The smallest absolute Gasteiger partial charge is 0.269 e. The summed E-state index contributed by atoms with van der Waals surface area (Å²) in [6, 6.07) is 0. The van der Waals surface area contributed by atoms with Crippen LogP contribution in [0.5, 0.6) is 0 Å². The molecule has 212 valence electrons. The Morgan fingerprint density at radius 2 is 1.36 bits per heavy atom. The van der Waals surface area contributed by atoms with Gasteiger partial charge in [-0.2, -0.15) is 8.42 Å². The average molecular weight is 536 g/mol. The molecule has 0 aliphatic carbocycles. The molecule has 0 saturated carbocycles. The van der Waals surface area contributed by atoms with Crippen molar-refractivity contribution >= 4 is 27.6 Å². The number of carbonyl (C=O) groups excluding carboxylic acids is 3. The first-order chi connectivity index (χ1) is 15.8. The van der Waals surface area contributed by atoms with Crippen molar-refractivity contribution in [3.05, 3.63) is 0 Å². The molecule has 1 amide bonds. The van der Waals surface area contributed by atoms with E-state index in [1.165, 1.54) is 0 Å². The summed E-state index contributed by atoms with van der Waals surface area (Å²) >= 11 is 0. The summed E-state index contributed by atoms with van der Waals surface area (Å²) in [5, 5.41) is 2.69. The van der Waals surface area contributed by atoms with Crippen LogP contribution in [-0.4, -0.2) is 68.2 Å². The Balaban J connectivity index is 5.65. The zero-order valence-corrected chi connectivity index (χ0v) is 25.4. The molecular formula is C26H49NO8S. The van der Waals surface area contributed by atoms with Gasteiger partial charge in [0, 0.05) is 11.8 Å². The van der Waals surface area contributed by atoms with Crippen LogP contribution in [0.1, 0.15) is 95.9 Å². The largest absolute Gasteiger partial charge is 0.368 e. The van der Waals surface area contributed by atoms with Crippen molar-refractivity contribution in [2.75, 3.05) is 19.5 Å². The first-order valence-electron chi connectivity index (χ1n) is 12.2. The van der Waals surface area contributed by atoms with E-state index in [4.69, 9.17) is 9.47 Å². The molecule has 36 heavy (non-hydrogen) atoms. The Bertz CT molecular complexity index is 890. The highest BCUT2D eigenvalue weighted by Gasteiger charge is 2.47. The number of ketones is 2. The molecule has 0 aromatic carbocycles. The van der Waals surface area contributed by atoms with Gasteiger partial charge in [-0.15, -0.1) is 0 Å². The molecule has 0 heterocycles. The zero-order chi connectivity index (χ0) is 29.0. The maximum Gasteiger partial charge on any atom is 0.269 e. The predicted molar refractivity (Wildman–Crippen MR) is 140 cm³/mol. The lowest BCUT2D eigenvalue weighted by atomic mass is 9.73. The summed E-state index contributed by atoms with van der Waals surface area (Å²) in [6.45, 7) is 21.0. The van der Waals surface area contributed by atoms with Crippen molar-refractivity contribution in [1.29, 1.82) is 0 Å². The van der Waals surface area contributed by atoms with Crippen molar-refractivity contribution in [3.8, 4) is 0 Å². The first kappa shape index (κ1) is 34.6. The monoisotopic (exact) mass is 535 g/mol. The van der Waals surface area contributed by atoms with E-state index in [-0.39, 0.29) is 31.0 Å². The van der Waals surface area contributed by atoms with Gasteiger partial charge in [0.1, 0.15) is 12.7 Å². The summed E-state index contributed by atoms with van der Waals surface area (Å²) in [5.74, 6) is -1.18. The summed E-state index contributed by atoms with van der Waals surface area (Å²) in [6.07, 6.45) is -0.950.